The van der Waals surface area contributed by atoms with E-state index in [0.717, 1.165) is 38.1 Å². The molecule has 8 nitrogen and oxygen atoms in total. The first-order valence-electron chi connectivity index (χ1n) is 12.4. The Labute approximate surface area is 229 Å². The van der Waals surface area contributed by atoms with E-state index >= 15 is 0 Å². The highest BCUT2D eigenvalue weighted by Crippen LogP contribution is 2.26. The van der Waals surface area contributed by atoms with E-state index in [1.54, 1.807) is 48.7 Å². The van der Waals surface area contributed by atoms with E-state index in [-0.39, 0.29) is 4.90 Å². The highest BCUT2D eigenvalue weighted by atomic mass is 32.2. The molecule has 0 saturated heterocycles. The third kappa shape index (κ3) is 5.88. The maximum Gasteiger partial charge on any atom is 0.264 e. The number of nitrogens with zero attached hydrogens (tertiary/aromatic N) is 3. The van der Waals surface area contributed by atoms with Crippen LogP contribution in [0.4, 0.5) is 5.69 Å². The van der Waals surface area contributed by atoms with E-state index in [1.807, 2.05) is 26.0 Å². The number of anilines is 1. The number of sulfonamides is 1. The summed E-state index contributed by atoms with van der Waals surface area (Å²) in [5.41, 5.74) is 9.17. The van der Waals surface area contributed by atoms with Gasteiger partial charge in [-0.2, -0.15) is 5.10 Å². The van der Waals surface area contributed by atoms with E-state index < -0.39 is 22.5 Å². The monoisotopic (exact) mass is 544 g/mol. The number of aryl methyl sites for hydroxylation is 3. The van der Waals surface area contributed by atoms with Gasteiger partial charge in [-0.05, 0) is 81.3 Å². The summed E-state index contributed by atoms with van der Waals surface area (Å²) >= 11 is 0. The number of carbonyl (C=O) groups is 1. The van der Waals surface area contributed by atoms with Gasteiger partial charge in [-0.25, -0.2) is 13.8 Å². The number of amides is 1. The van der Waals surface area contributed by atoms with Crippen molar-refractivity contribution in [1.82, 2.24) is 9.99 Å². The maximum atomic E-state index is 13.5. The lowest BCUT2D eigenvalue weighted by Gasteiger charge is -2.23. The van der Waals surface area contributed by atoms with Crippen LogP contribution in [0.1, 0.15) is 28.1 Å². The van der Waals surface area contributed by atoms with Crippen LogP contribution < -0.4 is 14.5 Å². The second-order valence-electron chi connectivity index (χ2n) is 9.22. The number of methoxy groups -OCH3 is 1. The van der Waals surface area contributed by atoms with E-state index in [0.29, 0.717) is 11.4 Å². The first kappa shape index (κ1) is 27.7. The van der Waals surface area contributed by atoms with Crippen molar-refractivity contribution in [3.63, 3.8) is 0 Å². The highest BCUT2D eigenvalue weighted by molar-refractivity contribution is 7.92. The van der Waals surface area contributed by atoms with Crippen molar-refractivity contribution >= 4 is 27.8 Å². The van der Waals surface area contributed by atoms with Gasteiger partial charge < -0.3 is 9.30 Å². The molecule has 0 radical (unpaired) electrons. The number of para-hydroxylation sites is 2. The number of aromatic nitrogens is 1. The first-order chi connectivity index (χ1) is 18.6. The normalized spacial score (nSPS) is 11.5. The number of rotatable bonds is 9. The lowest BCUT2D eigenvalue weighted by atomic mass is 10.1. The molecule has 0 unspecified atom stereocenters. The van der Waals surface area contributed by atoms with Crippen LogP contribution in [-0.2, 0) is 14.8 Å². The van der Waals surface area contributed by atoms with E-state index in [9.17, 15) is 13.2 Å². The van der Waals surface area contributed by atoms with Gasteiger partial charge in [0.2, 0.25) is 0 Å². The third-order valence-corrected chi connectivity index (χ3v) is 8.29. The summed E-state index contributed by atoms with van der Waals surface area (Å²) in [6.45, 7) is 7.73. The molecule has 4 rings (SSSR count). The Balaban J connectivity index is 1.55. The Morgan fingerprint density at radius 3 is 2.21 bits per heavy atom. The lowest BCUT2D eigenvalue weighted by Crippen LogP contribution is -2.39. The number of carbonyl (C=O) groups excluding carboxylic acids is 1. The zero-order chi connectivity index (χ0) is 28.2. The van der Waals surface area contributed by atoms with Crippen LogP contribution in [0.5, 0.6) is 5.75 Å². The molecule has 0 aliphatic carbocycles. The van der Waals surface area contributed by atoms with Crippen LogP contribution in [0.25, 0.3) is 5.69 Å². The first-order valence-corrected chi connectivity index (χ1v) is 13.9. The zero-order valence-electron chi connectivity index (χ0n) is 22.7. The van der Waals surface area contributed by atoms with Crippen molar-refractivity contribution in [2.45, 2.75) is 32.6 Å². The van der Waals surface area contributed by atoms with Crippen molar-refractivity contribution in [3.8, 4) is 11.4 Å². The summed E-state index contributed by atoms with van der Waals surface area (Å²) in [4.78, 5) is 13.0. The number of hydrazone groups is 1. The minimum atomic E-state index is -4.04. The van der Waals surface area contributed by atoms with E-state index in [1.165, 1.54) is 19.2 Å². The van der Waals surface area contributed by atoms with Crippen LogP contribution in [0, 0.1) is 27.7 Å². The quantitative estimate of drug-likeness (QED) is 0.235. The van der Waals surface area contributed by atoms with Crippen molar-refractivity contribution in [2.24, 2.45) is 5.10 Å². The van der Waals surface area contributed by atoms with Gasteiger partial charge in [0.25, 0.3) is 15.9 Å². The predicted octanol–water partition coefficient (Wildman–Crippen LogP) is 5.07. The minimum absolute atomic E-state index is 0.0439. The lowest BCUT2D eigenvalue weighted by molar-refractivity contribution is -0.119. The van der Waals surface area contributed by atoms with Gasteiger partial charge in [0, 0.05) is 17.0 Å². The van der Waals surface area contributed by atoms with Gasteiger partial charge in [-0.1, -0.05) is 36.4 Å². The summed E-state index contributed by atoms with van der Waals surface area (Å²) in [5, 5.41) is 4.14. The summed E-state index contributed by atoms with van der Waals surface area (Å²) in [6, 6.07) is 22.7. The van der Waals surface area contributed by atoms with Crippen LogP contribution in [0.2, 0.25) is 0 Å². The van der Waals surface area contributed by atoms with Crippen LogP contribution in [-0.4, -0.2) is 38.8 Å². The van der Waals surface area contributed by atoms with Gasteiger partial charge in [0.1, 0.15) is 12.3 Å². The van der Waals surface area contributed by atoms with Crippen molar-refractivity contribution in [1.29, 1.82) is 0 Å². The zero-order valence-corrected chi connectivity index (χ0v) is 23.5. The van der Waals surface area contributed by atoms with Crippen molar-refractivity contribution in [2.75, 3.05) is 18.0 Å². The van der Waals surface area contributed by atoms with E-state index in [2.05, 4.69) is 41.1 Å². The molecular weight excluding hydrogens is 512 g/mol. The fraction of sp³-hybridized carbons (Fsp3) is 0.200. The SMILES string of the molecule is COc1ccc(S(=O)(=O)N(CC(=O)N/N=C\c2cc(C)n(-c3c(C)cccc3C)c2C)c2ccccc2)cc1. The topological polar surface area (TPSA) is 93.0 Å². The molecule has 1 N–H and O–H groups in total. The molecule has 39 heavy (non-hydrogen) atoms. The van der Waals surface area contributed by atoms with Crippen LogP contribution >= 0.6 is 0 Å². The molecule has 0 aliphatic heterocycles. The minimum Gasteiger partial charge on any atom is -0.497 e. The van der Waals surface area contributed by atoms with Gasteiger partial charge in [-0.15, -0.1) is 0 Å². The Bertz CT molecular complexity index is 1590. The number of benzene rings is 3. The molecule has 3 aromatic carbocycles. The molecule has 0 saturated carbocycles. The van der Waals surface area contributed by atoms with Gasteiger partial charge in [-0.3, -0.25) is 9.10 Å². The maximum absolute atomic E-state index is 13.5. The Morgan fingerprint density at radius 1 is 0.949 bits per heavy atom. The van der Waals surface area contributed by atoms with Gasteiger partial charge in [0.05, 0.1) is 29.6 Å². The second-order valence-corrected chi connectivity index (χ2v) is 11.1. The van der Waals surface area contributed by atoms with E-state index in [4.69, 9.17) is 4.74 Å². The Kier molecular flexibility index (Phi) is 8.21. The summed E-state index contributed by atoms with van der Waals surface area (Å²) in [6.07, 6.45) is 1.58. The second kappa shape index (κ2) is 11.6. The molecular formula is C30H32N4O4S. The average Bonchev–Trinajstić information content (AvgIpc) is 3.20. The fourth-order valence-corrected chi connectivity index (χ4v) is 5.97. The Morgan fingerprint density at radius 2 is 1.59 bits per heavy atom. The predicted molar refractivity (Wildman–Crippen MR) is 154 cm³/mol. The number of ether oxygens (including phenoxy) is 1. The molecule has 4 aromatic rings. The van der Waals surface area contributed by atoms with Crippen LogP contribution in [0.15, 0.2) is 88.9 Å². The molecule has 202 valence electrons. The fourth-order valence-electron chi connectivity index (χ4n) is 4.54. The molecule has 0 atom stereocenters. The molecule has 1 aromatic heterocycles. The molecule has 0 spiro atoms. The molecule has 0 fully saturated rings. The molecule has 1 amide bonds. The molecule has 1 heterocycles. The number of hydrogen-bond donors (Lipinski definition) is 1. The van der Waals surface area contributed by atoms with Crippen molar-refractivity contribution in [3.05, 3.63) is 107 Å². The molecule has 0 bridgehead atoms. The van der Waals surface area contributed by atoms with Crippen LogP contribution in [0.3, 0.4) is 0 Å². The largest absolute Gasteiger partial charge is 0.497 e. The molecule has 9 heteroatoms. The van der Waals surface area contributed by atoms with Gasteiger partial charge in [0.15, 0.2) is 0 Å². The summed E-state index contributed by atoms with van der Waals surface area (Å²) in [5.74, 6) is -0.0417. The standard InChI is InChI=1S/C30H32N4O4S/c1-21-10-9-11-22(2)30(21)34-23(3)18-25(24(34)4)19-31-32-29(35)20-33(26-12-7-6-8-13-26)39(36,37)28-16-14-27(38-5)15-17-28/h6-19H,20H2,1-5H3,(H,32,35)/b31-19-. The Hall–Kier alpha value is -4.37. The number of nitrogens with one attached hydrogen (secondary N) is 1. The smallest absolute Gasteiger partial charge is 0.264 e. The van der Waals surface area contributed by atoms with Crippen molar-refractivity contribution < 1.29 is 17.9 Å². The molecule has 0 aliphatic rings. The summed E-state index contributed by atoms with van der Waals surface area (Å²) in [7, 11) is -2.53. The average molecular weight is 545 g/mol. The van der Waals surface area contributed by atoms with Gasteiger partial charge >= 0.3 is 0 Å². The third-order valence-electron chi connectivity index (χ3n) is 6.51. The number of hydrogen-bond acceptors (Lipinski definition) is 5. The summed E-state index contributed by atoms with van der Waals surface area (Å²) < 4.78 is 35.4. The highest BCUT2D eigenvalue weighted by Gasteiger charge is 2.27.